The molecule has 5 heteroatoms. The molecule has 4 nitrogen and oxygen atoms in total. The number of carboxylic acids is 1. The van der Waals surface area contributed by atoms with Crippen LogP contribution >= 0.6 is 11.8 Å². The highest BCUT2D eigenvalue weighted by atomic mass is 32.2. The molecule has 156 valence electrons. The van der Waals surface area contributed by atoms with E-state index in [-0.39, 0.29) is 0 Å². The van der Waals surface area contributed by atoms with E-state index in [1.165, 1.54) is 5.57 Å². The summed E-state index contributed by atoms with van der Waals surface area (Å²) in [6.07, 6.45) is 2.78. The molecule has 0 bridgehead atoms. The Hall–Kier alpha value is -3.44. The van der Waals surface area contributed by atoms with Crippen LogP contribution in [0.5, 0.6) is 11.5 Å². The third kappa shape index (κ3) is 4.52. The van der Waals surface area contributed by atoms with Crippen molar-refractivity contribution in [3.8, 4) is 11.5 Å². The van der Waals surface area contributed by atoms with Crippen molar-refractivity contribution in [2.45, 2.75) is 4.90 Å². The first-order valence-corrected chi connectivity index (χ1v) is 10.8. The summed E-state index contributed by atoms with van der Waals surface area (Å²) in [5, 5.41) is 8.98. The van der Waals surface area contributed by atoms with Crippen molar-refractivity contribution in [2.75, 3.05) is 20.0 Å². The zero-order chi connectivity index (χ0) is 21.8. The average molecular weight is 431 g/mol. The van der Waals surface area contributed by atoms with Crippen LogP contribution in [-0.4, -0.2) is 31.0 Å². The molecular formula is C26H22O4S. The molecule has 0 fully saturated rings. The summed E-state index contributed by atoms with van der Waals surface area (Å²) in [6.45, 7) is 0. The SMILES string of the molecule is COc1ccc(C2=C(c3cccc(C=CC(=O)O)c3)c3ccc(OC)cc3SC2)cc1. The number of carboxylic acid groups (broad SMARTS) is 1. The van der Waals surface area contributed by atoms with Gasteiger partial charge >= 0.3 is 5.97 Å². The van der Waals surface area contributed by atoms with Gasteiger partial charge in [-0.3, -0.25) is 0 Å². The number of fused-ring (bicyclic) bond motifs is 1. The Labute approximate surface area is 185 Å². The molecule has 1 aliphatic rings. The molecule has 3 aromatic rings. The number of aliphatic carboxylic acids is 1. The number of thioether (sulfide) groups is 1. The van der Waals surface area contributed by atoms with E-state index in [0.29, 0.717) is 0 Å². The van der Waals surface area contributed by atoms with Crippen molar-refractivity contribution < 1.29 is 19.4 Å². The van der Waals surface area contributed by atoms with E-state index in [9.17, 15) is 4.79 Å². The first kappa shape index (κ1) is 20.8. The molecule has 0 amide bonds. The van der Waals surface area contributed by atoms with Gasteiger partial charge in [-0.2, -0.15) is 0 Å². The molecule has 0 atom stereocenters. The van der Waals surface area contributed by atoms with Crippen LogP contribution in [0.4, 0.5) is 0 Å². The normalized spacial score (nSPS) is 13.2. The monoisotopic (exact) mass is 430 g/mol. The van der Waals surface area contributed by atoms with Crippen LogP contribution in [-0.2, 0) is 4.79 Å². The number of hydrogen-bond acceptors (Lipinski definition) is 4. The number of rotatable bonds is 6. The molecule has 0 radical (unpaired) electrons. The molecule has 1 heterocycles. The van der Waals surface area contributed by atoms with Gasteiger partial charge in [-0.1, -0.05) is 30.3 Å². The maximum atomic E-state index is 11.0. The summed E-state index contributed by atoms with van der Waals surface area (Å²) in [6, 6.07) is 22.2. The van der Waals surface area contributed by atoms with Crippen molar-refractivity contribution in [3.05, 3.63) is 95.1 Å². The molecule has 3 aromatic carbocycles. The standard InChI is InChI=1S/C26H22O4S/c1-29-20-9-7-18(8-10-20)23-16-31-24-15-21(30-2)11-12-22(24)26(23)19-5-3-4-17(14-19)6-13-25(27)28/h3-15H,16H2,1-2H3,(H,27,28). The van der Waals surface area contributed by atoms with E-state index >= 15 is 0 Å². The lowest BCUT2D eigenvalue weighted by Gasteiger charge is -2.25. The Balaban J connectivity index is 1.90. The van der Waals surface area contributed by atoms with Crippen molar-refractivity contribution in [1.82, 2.24) is 0 Å². The third-order valence-corrected chi connectivity index (χ3v) is 6.25. The second-order valence-corrected chi connectivity index (χ2v) is 8.05. The topological polar surface area (TPSA) is 55.8 Å². The number of methoxy groups -OCH3 is 2. The van der Waals surface area contributed by atoms with Crippen LogP contribution < -0.4 is 9.47 Å². The summed E-state index contributed by atoms with van der Waals surface area (Å²) < 4.78 is 10.7. The van der Waals surface area contributed by atoms with Gasteiger partial charge in [-0.25, -0.2) is 4.79 Å². The minimum Gasteiger partial charge on any atom is -0.497 e. The highest BCUT2D eigenvalue weighted by Gasteiger charge is 2.23. The molecule has 1 aliphatic heterocycles. The maximum absolute atomic E-state index is 11.0. The molecule has 0 saturated carbocycles. The summed E-state index contributed by atoms with van der Waals surface area (Å²) in [5.41, 5.74) is 6.54. The van der Waals surface area contributed by atoms with Crippen LogP contribution in [0.3, 0.4) is 0 Å². The van der Waals surface area contributed by atoms with Crippen LogP contribution in [0.2, 0.25) is 0 Å². The van der Waals surface area contributed by atoms with Gasteiger partial charge in [0, 0.05) is 16.7 Å². The second-order valence-electron chi connectivity index (χ2n) is 7.03. The minimum absolute atomic E-state index is 0.816. The van der Waals surface area contributed by atoms with Gasteiger partial charge in [-0.05, 0) is 75.9 Å². The maximum Gasteiger partial charge on any atom is 0.328 e. The van der Waals surface area contributed by atoms with Crippen LogP contribution in [0, 0.1) is 0 Å². The summed E-state index contributed by atoms with van der Waals surface area (Å²) in [4.78, 5) is 12.1. The highest BCUT2D eigenvalue weighted by Crippen LogP contribution is 2.45. The van der Waals surface area contributed by atoms with Crippen molar-refractivity contribution in [3.63, 3.8) is 0 Å². The van der Waals surface area contributed by atoms with Gasteiger partial charge in [0.15, 0.2) is 0 Å². The lowest BCUT2D eigenvalue weighted by molar-refractivity contribution is -0.131. The van der Waals surface area contributed by atoms with E-state index in [2.05, 4.69) is 30.3 Å². The Morgan fingerprint density at radius 1 is 0.935 bits per heavy atom. The first-order chi connectivity index (χ1) is 15.1. The smallest absolute Gasteiger partial charge is 0.328 e. The summed E-state index contributed by atoms with van der Waals surface area (Å²) in [7, 11) is 3.34. The Morgan fingerprint density at radius 3 is 2.39 bits per heavy atom. The fourth-order valence-electron chi connectivity index (χ4n) is 3.66. The summed E-state index contributed by atoms with van der Waals surface area (Å²) in [5.74, 6) is 1.50. The van der Waals surface area contributed by atoms with Crippen molar-refractivity contribution >= 4 is 35.0 Å². The van der Waals surface area contributed by atoms with Crippen molar-refractivity contribution in [1.29, 1.82) is 0 Å². The fourth-order valence-corrected chi connectivity index (χ4v) is 4.79. The van der Waals surface area contributed by atoms with Crippen LogP contribution in [0.1, 0.15) is 22.3 Å². The molecular weight excluding hydrogens is 408 g/mol. The van der Waals surface area contributed by atoms with Gasteiger partial charge in [0.1, 0.15) is 11.5 Å². The molecule has 0 spiro atoms. The molecule has 0 saturated heterocycles. The van der Waals surface area contributed by atoms with Crippen LogP contribution in [0.25, 0.3) is 17.2 Å². The largest absolute Gasteiger partial charge is 0.497 e. The quantitative estimate of drug-likeness (QED) is 0.496. The second kappa shape index (κ2) is 9.14. The Bertz CT molecular complexity index is 1180. The molecule has 0 aromatic heterocycles. The zero-order valence-corrected chi connectivity index (χ0v) is 18.1. The molecule has 0 aliphatic carbocycles. The summed E-state index contributed by atoms with van der Waals surface area (Å²) >= 11 is 1.79. The minimum atomic E-state index is -0.963. The van der Waals surface area contributed by atoms with Gasteiger partial charge < -0.3 is 14.6 Å². The van der Waals surface area contributed by atoms with Gasteiger partial charge in [-0.15, -0.1) is 11.8 Å². The predicted molar refractivity (Wildman–Crippen MR) is 126 cm³/mol. The average Bonchev–Trinajstić information content (AvgIpc) is 2.81. The van der Waals surface area contributed by atoms with E-state index in [4.69, 9.17) is 14.6 Å². The Morgan fingerprint density at radius 2 is 1.68 bits per heavy atom. The Kier molecular flexibility index (Phi) is 6.14. The third-order valence-electron chi connectivity index (χ3n) is 5.16. The van der Waals surface area contributed by atoms with E-state index in [1.807, 2.05) is 36.4 Å². The molecule has 0 unspecified atom stereocenters. The van der Waals surface area contributed by atoms with Gasteiger partial charge in [0.25, 0.3) is 0 Å². The van der Waals surface area contributed by atoms with Gasteiger partial charge in [0.05, 0.1) is 14.2 Å². The van der Waals surface area contributed by atoms with E-state index in [1.54, 1.807) is 32.1 Å². The zero-order valence-electron chi connectivity index (χ0n) is 17.3. The molecule has 4 rings (SSSR count). The molecule has 1 N–H and O–H groups in total. The first-order valence-electron chi connectivity index (χ1n) is 9.79. The fraction of sp³-hybridized carbons (Fsp3) is 0.115. The number of ether oxygens (including phenoxy) is 2. The highest BCUT2D eigenvalue weighted by molar-refractivity contribution is 7.99. The predicted octanol–water partition coefficient (Wildman–Crippen LogP) is 5.87. The lowest BCUT2D eigenvalue weighted by atomic mass is 9.89. The number of benzene rings is 3. The lowest BCUT2D eigenvalue weighted by Crippen LogP contribution is -2.04. The van der Waals surface area contributed by atoms with Crippen LogP contribution in [0.15, 0.2) is 77.7 Å². The van der Waals surface area contributed by atoms with E-state index < -0.39 is 5.97 Å². The number of hydrogen-bond donors (Lipinski definition) is 1. The van der Waals surface area contributed by atoms with E-state index in [0.717, 1.165) is 56.1 Å². The number of carbonyl (C=O) groups is 1. The van der Waals surface area contributed by atoms with Gasteiger partial charge in [0.2, 0.25) is 0 Å². The molecule has 31 heavy (non-hydrogen) atoms. The van der Waals surface area contributed by atoms with Crippen molar-refractivity contribution in [2.24, 2.45) is 0 Å².